The highest BCUT2D eigenvalue weighted by atomic mass is 16.5. The Labute approximate surface area is 225 Å². The van der Waals surface area contributed by atoms with Gasteiger partial charge in [-0.2, -0.15) is 15.5 Å². The van der Waals surface area contributed by atoms with Gasteiger partial charge in [0.15, 0.2) is 0 Å². The Balaban J connectivity index is 1.31. The van der Waals surface area contributed by atoms with E-state index in [-0.39, 0.29) is 11.6 Å². The third-order valence-electron chi connectivity index (χ3n) is 7.32. The van der Waals surface area contributed by atoms with Gasteiger partial charge in [-0.05, 0) is 42.6 Å². The molecule has 10 nitrogen and oxygen atoms in total. The van der Waals surface area contributed by atoms with E-state index in [0.29, 0.717) is 17.0 Å². The average molecular weight is 521 g/mol. The molecular weight excluding hydrogens is 492 g/mol. The largest absolute Gasteiger partial charge is 0.481 e. The van der Waals surface area contributed by atoms with Gasteiger partial charge in [0.2, 0.25) is 5.88 Å². The maximum atomic E-state index is 13.5. The zero-order valence-corrected chi connectivity index (χ0v) is 21.9. The van der Waals surface area contributed by atoms with Gasteiger partial charge >= 0.3 is 0 Å². The van der Waals surface area contributed by atoms with Crippen molar-refractivity contribution in [3.8, 4) is 34.2 Å². The van der Waals surface area contributed by atoms with Gasteiger partial charge in [0.05, 0.1) is 30.6 Å². The summed E-state index contributed by atoms with van der Waals surface area (Å²) in [6.07, 6.45) is 12.8. The number of hydrogen-bond acceptors (Lipinski definition) is 7. The molecule has 5 aromatic rings. The number of hydrogen-bond donors (Lipinski definition) is 0. The van der Waals surface area contributed by atoms with Crippen molar-refractivity contribution in [3.63, 3.8) is 0 Å². The molecule has 5 aromatic heterocycles. The molecule has 0 N–H and O–H groups in total. The summed E-state index contributed by atoms with van der Waals surface area (Å²) in [5, 5.41) is 18.4. The Hall–Kier alpha value is -4.75. The first kappa shape index (κ1) is 24.6. The van der Waals surface area contributed by atoms with Crippen LogP contribution in [0.1, 0.15) is 30.0 Å². The van der Waals surface area contributed by atoms with Crippen LogP contribution in [0.3, 0.4) is 0 Å². The molecule has 39 heavy (non-hydrogen) atoms. The number of ether oxygens (including phenoxy) is 1. The third-order valence-corrected chi connectivity index (χ3v) is 7.32. The van der Waals surface area contributed by atoms with E-state index in [1.54, 1.807) is 34.8 Å². The smallest absolute Gasteiger partial charge is 0.251 e. The molecule has 1 saturated heterocycles. The fourth-order valence-corrected chi connectivity index (χ4v) is 5.40. The second kappa shape index (κ2) is 10.2. The number of nitriles is 1. The monoisotopic (exact) mass is 520 g/mol. The van der Waals surface area contributed by atoms with Crippen molar-refractivity contribution in [3.05, 3.63) is 89.0 Å². The molecule has 196 valence electrons. The second-order valence-corrected chi connectivity index (χ2v) is 9.91. The fourth-order valence-electron chi connectivity index (χ4n) is 5.40. The van der Waals surface area contributed by atoms with Gasteiger partial charge in [-0.3, -0.25) is 14.4 Å². The van der Waals surface area contributed by atoms with Gasteiger partial charge < -0.3 is 9.30 Å². The lowest BCUT2D eigenvalue weighted by molar-refractivity contribution is 0.168. The Morgan fingerprint density at radius 3 is 2.69 bits per heavy atom. The molecule has 0 aromatic carbocycles. The van der Waals surface area contributed by atoms with Crippen molar-refractivity contribution in [2.24, 2.45) is 7.05 Å². The maximum absolute atomic E-state index is 13.5. The minimum atomic E-state index is -0.0617. The number of piperidine rings is 1. The van der Waals surface area contributed by atoms with Crippen molar-refractivity contribution in [1.82, 2.24) is 33.8 Å². The molecule has 0 aliphatic carbocycles. The van der Waals surface area contributed by atoms with Crippen LogP contribution in [0.25, 0.3) is 27.8 Å². The molecule has 0 radical (unpaired) electrons. The molecule has 1 aliphatic heterocycles. The van der Waals surface area contributed by atoms with E-state index in [2.05, 4.69) is 26.2 Å². The molecule has 1 unspecified atom stereocenters. The third kappa shape index (κ3) is 4.80. The van der Waals surface area contributed by atoms with Crippen LogP contribution < -0.4 is 10.3 Å². The van der Waals surface area contributed by atoms with Crippen LogP contribution in [0.4, 0.5) is 0 Å². The molecule has 6 heterocycles. The minimum Gasteiger partial charge on any atom is -0.481 e. The minimum absolute atomic E-state index is 0.0617. The zero-order valence-electron chi connectivity index (χ0n) is 21.9. The van der Waals surface area contributed by atoms with Gasteiger partial charge in [-0.15, -0.1) is 0 Å². The van der Waals surface area contributed by atoms with Gasteiger partial charge in [0, 0.05) is 79.8 Å². The summed E-state index contributed by atoms with van der Waals surface area (Å²) in [6, 6.07) is 11.8. The topological polar surface area (TPSA) is 106 Å². The highest BCUT2D eigenvalue weighted by Gasteiger charge is 2.23. The molecule has 0 amide bonds. The highest BCUT2D eigenvalue weighted by molar-refractivity contribution is 5.87. The van der Waals surface area contributed by atoms with Crippen LogP contribution in [-0.4, -0.2) is 54.0 Å². The molecule has 1 atom stereocenters. The van der Waals surface area contributed by atoms with Crippen LogP contribution in [0.5, 0.6) is 5.88 Å². The normalized spacial score (nSPS) is 15.9. The average Bonchev–Trinajstić information content (AvgIpc) is 3.59. The summed E-state index contributed by atoms with van der Waals surface area (Å²) < 4.78 is 10.4. The summed E-state index contributed by atoms with van der Waals surface area (Å²) in [5.41, 5.74) is 5.56. The van der Waals surface area contributed by atoms with Gasteiger partial charge in [0.1, 0.15) is 6.07 Å². The second-order valence-electron chi connectivity index (χ2n) is 9.91. The van der Waals surface area contributed by atoms with Gasteiger partial charge in [0.25, 0.3) is 5.56 Å². The number of pyridine rings is 3. The van der Waals surface area contributed by atoms with Crippen molar-refractivity contribution in [2.45, 2.75) is 25.4 Å². The highest BCUT2D eigenvalue weighted by Crippen LogP contribution is 2.32. The van der Waals surface area contributed by atoms with Crippen LogP contribution in [0, 0.1) is 11.3 Å². The lowest BCUT2D eigenvalue weighted by atomic mass is 10.00. The molecule has 1 fully saturated rings. The van der Waals surface area contributed by atoms with E-state index in [0.717, 1.165) is 60.3 Å². The molecular formula is C29H28N8O2. The Morgan fingerprint density at radius 1 is 1.08 bits per heavy atom. The molecule has 0 saturated carbocycles. The van der Waals surface area contributed by atoms with Crippen LogP contribution in [0.2, 0.25) is 0 Å². The standard InChI is InChI=1S/C29H28N8O2/c1-34-17-24(15-32-34)22-10-26(29-23(12-30)14-33-37(29)18-22)21-7-9-36(28(38)11-21)25-4-3-8-35(19-25)16-20-5-6-27(39-2)31-13-20/h5-7,9-11,13-15,17-18,25H,3-4,8,16,19H2,1-2H3. The molecule has 0 spiro atoms. The SMILES string of the molecule is COc1ccc(CN2CCCC(n3ccc(-c4cc(-c5cnn(C)c5)cn5ncc(C#N)c45)cc3=O)C2)cn1. The predicted molar refractivity (Wildman–Crippen MR) is 146 cm³/mol. The van der Waals surface area contributed by atoms with E-state index in [1.807, 2.05) is 60.7 Å². The van der Waals surface area contributed by atoms with Crippen molar-refractivity contribution >= 4 is 5.52 Å². The lowest BCUT2D eigenvalue weighted by Gasteiger charge is -2.33. The maximum Gasteiger partial charge on any atom is 0.251 e. The van der Waals surface area contributed by atoms with Crippen LogP contribution in [-0.2, 0) is 13.6 Å². The molecule has 1 aliphatic rings. The van der Waals surface area contributed by atoms with Crippen molar-refractivity contribution < 1.29 is 4.74 Å². The Morgan fingerprint density at radius 2 is 1.97 bits per heavy atom. The summed E-state index contributed by atoms with van der Waals surface area (Å²) in [5.74, 6) is 0.600. The number of likely N-dealkylation sites (tertiary alicyclic amines) is 1. The summed E-state index contributed by atoms with van der Waals surface area (Å²) >= 11 is 0. The van der Waals surface area contributed by atoms with Gasteiger partial charge in [-0.1, -0.05) is 6.07 Å². The summed E-state index contributed by atoms with van der Waals surface area (Å²) in [7, 11) is 3.48. The van der Waals surface area contributed by atoms with E-state index < -0.39 is 0 Å². The van der Waals surface area contributed by atoms with Crippen LogP contribution in [0.15, 0.2) is 72.3 Å². The van der Waals surface area contributed by atoms with E-state index >= 15 is 0 Å². The number of aryl methyl sites for hydroxylation is 1. The summed E-state index contributed by atoms with van der Waals surface area (Å²) in [6.45, 7) is 2.54. The van der Waals surface area contributed by atoms with E-state index in [1.165, 1.54) is 0 Å². The van der Waals surface area contributed by atoms with Crippen LogP contribution >= 0.6 is 0 Å². The molecule has 10 heteroatoms. The summed E-state index contributed by atoms with van der Waals surface area (Å²) in [4.78, 5) is 20.1. The first-order valence-corrected chi connectivity index (χ1v) is 12.9. The number of fused-ring (bicyclic) bond motifs is 1. The predicted octanol–water partition coefficient (Wildman–Crippen LogP) is 3.68. The fraction of sp³-hybridized carbons (Fsp3) is 0.276. The van der Waals surface area contributed by atoms with Crippen molar-refractivity contribution in [2.75, 3.05) is 20.2 Å². The molecule has 6 rings (SSSR count). The number of methoxy groups -OCH3 is 1. The quantitative estimate of drug-likeness (QED) is 0.336. The first-order valence-electron chi connectivity index (χ1n) is 12.9. The number of rotatable bonds is 6. The number of nitrogens with zero attached hydrogens (tertiary/aromatic N) is 8. The Bertz CT molecular complexity index is 1740. The first-order chi connectivity index (χ1) is 19.0. The zero-order chi connectivity index (χ0) is 26.9. The van der Waals surface area contributed by atoms with Gasteiger partial charge in [-0.25, -0.2) is 9.50 Å². The lowest BCUT2D eigenvalue weighted by Crippen LogP contribution is -2.39. The van der Waals surface area contributed by atoms with E-state index in [9.17, 15) is 10.1 Å². The van der Waals surface area contributed by atoms with E-state index in [4.69, 9.17) is 4.74 Å². The van der Waals surface area contributed by atoms with Crippen molar-refractivity contribution in [1.29, 1.82) is 5.26 Å². The number of aromatic nitrogens is 6. The Kier molecular flexibility index (Phi) is 6.42. The molecule has 0 bridgehead atoms.